The molecule has 1 heterocycles. The normalized spacial score (nSPS) is 15.4. The SMILES string of the molecule is O=C(CCn1nnc2ccccc2c1=O)NC1(c2ccccc2)CCC1. The van der Waals surface area contributed by atoms with Gasteiger partial charge in [-0.2, -0.15) is 0 Å². The number of fused-ring (bicyclic) bond motifs is 1. The number of carbonyl (C=O) groups excluding carboxylic acids is 1. The Morgan fingerprint density at radius 2 is 1.81 bits per heavy atom. The number of benzene rings is 2. The maximum atomic E-state index is 12.5. The van der Waals surface area contributed by atoms with E-state index >= 15 is 0 Å². The quantitative estimate of drug-likeness (QED) is 0.768. The highest BCUT2D eigenvalue weighted by Crippen LogP contribution is 2.41. The molecule has 6 heteroatoms. The summed E-state index contributed by atoms with van der Waals surface area (Å²) in [6.45, 7) is 0.216. The first kappa shape index (κ1) is 16.4. The number of aryl methyl sites for hydroxylation is 1. The molecule has 0 unspecified atom stereocenters. The van der Waals surface area contributed by atoms with Gasteiger partial charge in [0.1, 0.15) is 5.52 Å². The fourth-order valence-electron chi connectivity index (χ4n) is 3.48. The molecule has 0 radical (unpaired) electrons. The Labute approximate surface area is 150 Å². The maximum absolute atomic E-state index is 12.5. The number of hydrogen-bond donors (Lipinski definition) is 1. The topological polar surface area (TPSA) is 76.9 Å². The molecule has 1 fully saturated rings. The largest absolute Gasteiger partial charge is 0.347 e. The lowest BCUT2D eigenvalue weighted by molar-refractivity contribution is -0.124. The molecule has 1 aromatic heterocycles. The number of nitrogens with one attached hydrogen (secondary N) is 1. The average molecular weight is 348 g/mol. The van der Waals surface area contributed by atoms with Crippen molar-refractivity contribution in [1.82, 2.24) is 20.3 Å². The number of amides is 1. The van der Waals surface area contributed by atoms with E-state index in [4.69, 9.17) is 0 Å². The van der Waals surface area contributed by atoms with Crippen LogP contribution < -0.4 is 10.9 Å². The number of carbonyl (C=O) groups is 1. The zero-order valence-electron chi connectivity index (χ0n) is 14.4. The monoisotopic (exact) mass is 348 g/mol. The molecule has 0 bridgehead atoms. The van der Waals surface area contributed by atoms with Crippen molar-refractivity contribution in [2.45, 2.75) is 37.8 Å². The van der Waals surface area contributed by atoms with Crippen molar-refractivity contribution in [3.05, 3.63) is 70.5 Å². The zero-order chi connectivity index (χ0) is 18.0. The van der Waals surface area contributed by atoms with Crippen molar-refractivity contribution >= 4 is 16.8 Å². The summed E-state index contributed by atoms with van der Waals surface area (Å²) >= 11 is 0. The summed E-state index contributed by atoms with van der Waals surface area (Å²) in [6.07, 6.45) is 3.18. The second kappa shape index (κ2) is 6.71. The van der Waals surface area contributed by atoms with Crippen LogP contribution >= 0.6 is 0 Å². The third kappa shape index (κ3) is 2.98. The van der Waals surface area contributed by atoms with Gasteiger partial charge in [0.2, 0.25) is 5.91 Å². The predicted molar refractivity (Wildman–Crippen MR) is 98.5 cm³/mol. The molecule has 1 saturated carbocycles. The van der Waals surface area contributed by atoms with Gasteiger partial charge in [0.25, 0.3) is 5.56 Å². The van der Waals surface area contributed by atoms with E-state index in [1.54, 1.807) is 18.2 Å². The van der Waals surface area contributed by atoms with Gasteiger partial charge in [0, 0.05) is 6.42 Å². The highest BCUT2D eigenvalue weighted by atomic mass is 16.2. The van der Waals surface area contributed by atoms with Crippen LogP contribution in [0.5, 0.6) is 0 Å². The van der Waals surface area contributed by atoms with Crippen LogP contribution in [0, 0.1) is 0 Å². The fraction of sp³-hybridized carbons (Fsp3) is 0.300. The summed E-state index contributed by atoms with van der Waals surface area (Å²) in [5.74, 6) is -0.0737. The molecule has 1 aliphatic rings. The molecule has 0 spiro atoms. The van der Waals surface area contributed by atoms with Gasteiger partial charge in [-0.25, -0.2) is 4.68 Å². The van der Waals surface area contributed by atoms with Crippen LogP contribution in [-0.4, -0.2) is 20.9 Å². The molecule has 3 aromatic rings. The Morgan fingerprint density at radius 3 is 2.54 bits per heavy atom. The minimum atomic E-state index is -0.266. The number of rotatable bonds is 5. The number of aromatic nitrogens is 3. The lowest BCUT2D eigenvalue weighted by Crippen LogP contribution is -2.51. The van der Waals surface area contributed by atoms with Gasteiger partial charge in [-0.05, 0) is 37.0 Å². The molecule has 132 valence electrons. The van der Waals surface area contributed by atoms with E-state index in [0.717, 1.165) is 24.8 Å². The maximum Gasteiger partial charge on any atom is 0.277 e. The van der Waals surface area contributed by atoms with Crippen LogP contribution in [0.15, 0.2) is 59.4 Å². The third-order valence-electron chi connectivity index (χ3n) is 5.09. The summed E-state index contributed by atoms with van der Waals surface area (Å²) < 4.78 is 1.26. The Kier molecular flexibility index (Phi) is 4.24. The van der Waals surface area contributed by atoms with E-state index < -0.39 is 0 Å². The van der Waals surface area contributed by atoms with Crippen molar-refractivity contribution < 1.29 is 4.79 Å². The molecular weight excluding hydrogens is 328 g/mol. The van der Waals surface area contributed by atoms with Gasteiger partial charge < -0.3 is 5.32 Å². The van der Waals surface area contributed by atoms with Crippen LogP contribution in [0.2, 0.25) is 0 Å². The minimum absolute atomic E-state index is 0.0737. The molecule has 2 aromatic carbocycles. The molecule has 0 atom stereocenters. The van der Waals surface area contributed by atoms with E-state index in [-0.39, 0.29) is 30.0 Å². The standard InChI is InChI=1S/C20H20N4O2/c25-18(21-20(12-6-13-20)15-7-2-1-3-8-15)11-14-24-19(26)16-9-4-5-10-17(16)22-23-24/h1-5,7-10H,6,11-14H2,(H,21,25). The first-order valence-corrected chi connectivity index (χ1v) is 8.87. The zero-order valence-corrected chi connectivity index (χ0v) is 14.4. The fourth-order valence-corrected chi connectivity index (χ4v) is 3.48. The van der Waals surface area contributed by atoms with E-state index in [9.17, 15) is 9.59 Å². The third-order valence-corrected chi connectivity index (χ3v) is 5.09. The van der Waals surface area contributed by atoms with Crippen LogP contribution in [0.25, 0.3) is 10.9 Å². The summed E-state index contributed by atoms with van der Waals surface area (Å²) in [5, 5.41) is 11.7. The second-order valence-corrected chi connectivity index (χ2v) is 6.73. The molecule has 0 aliphatic heterocycles. The van der Waals surface area contributed by atoms with E-state index in [1.807, 2.05) is 24.3 Å². The van der Waals surface area contributed by atoms with Crippen LogP contribution in [0.4, 0.5) is 0 Å². The van der Waals surface area contributed by atoms with E-state index in [2.05, 4.69) is 27.8 Å². The van der Waals surface area contributed by atoms with Crippen LogP contribution in [0.1, 0.15) is 31.2 Å². The van der Waals surface area contributed by atoms with Crippen molar-refractivity contribution in [3.63, 3.8) is 0 Å². The molecule has 4 rings (SSSR count). The van der Waals surface area contributed by atoms with Gasteiger partial charge in [-0.3, -0.25) is 9.59 Å². The molecular formula is C20H20N4O2. The Hall–Kier alpha value is -3.02. The molecule has 1 amide bonds. The van der Waals surface area contributed by atoms with E-state index in [0.29, 0.717) is 10.9 Å². The Balaban J connectivity index is 1.46. The lowest BCUT2D eigenvalue weighted by Gasteiger charge is -2.43. The van der Waals surface area contributed by atoms with Crippen LogP contribution in [-0.2, 0) is 16.9 Å². The van der Waals surface area contributed by atoms with Crippen molar-refractivity contribution in [1.29, 1.82) is 0 Å². The Bertz CT molecular complexity index is 993. The average Bonchev–Trinajstić information content (AvgIpc) is 2.65. The van der Waals surface area contributed by atoms with Crippen molar-refractivity contribution in [3.8, 4) is 0 Å². The van der Waals surface area contributed by atoms with Crippen molar-refractivity contribution in [2.75, 3.05) is 0 Å². The first-order chi connectivity index (χ1) is 12.7. The molecule has 1 N–H and O–H groups in total. The smallest absolute Gasteiger partial charge is 0.277 e. The minimum Gasteiger partial charge on any atom is -0.347 e. The van der Waals surface area contributed by atoms with Gasteiger partial charge in [-0.15, -0.1) is 5.10 Å². The highest BCUT2D eigenvalue weighted by molar-refractivity contribution is 5.78. The van der Waals surface area contributed by atoms with Crippen molar-refractivity contribution in [2.24, 2.45) is 0 Å². The van der Waals surface area contributed by atoms with Gasteiger partial charge >= 0.3 is 0 Å². The molecule has 0 saturated heterocycles. The lowest BCUT2D eigenvalue weighted by atomic mass is 9.71. The number of hydrogen-bond acceptors (Lipinski definition) is 4. The van der Waals surface area contributed by atoms with Gasteiger partial charge in [0.05, 0.1) is 17.5 Å². The summed E-state index contributed by atoms with van der Waals surface area (Å²) in [6, 6.07) is 17.2. The van der Waals surface area contributed by atoms with Gasteiger partial charge in [0.15, 0.2) is 0 Å². The van der Waals surface area contributed by atoms with Gasteiger partial charge in [-0.1, -0.05) is 47.7 Å². The Morgan fingerprint density at radius 1 is 1.08 bits per heavy atom. The summed E-state index contributed by atoms with van der Waals surface area (Å²) in [4.78, 5) is 24.9. The summed E-state index contributed by atoms with van der Waals surface area (Å²) in [5.41, 5.74) is 1.22. The molecule has 6 nitrogen and oxygen atoms in total. The molecule has 26 heavy (non-hydrogen) atoms. The van der Waals surface area contributed by atoms with Crippen LogP contribution in [0.3, 0.4) is 0 Å². The highest BCUT2D eigenvalue weighted by Gasteiger charge is 2.39. The second-order valence-electron chi connectivity index (χ2n) is 6.73. The molecule has 1 aliphatic carbocycles. The first-order valence-electron chi connectivity index (χ1n) is 8.87. The summed E-state index contributed by atoms with van der Waals surface area (Å²) in [7, 11) is 0. The number of nitrogens with zero attached hydrogens (tertiary/aromatic N) is 3. The predicted octanol–water partition coefficient (Wildman–Crippen LogP) is 2.38. The van der Waals surface area contributed by atoms with E-state index in [1.165, 1.54) is 4.68 Å².